The first-order chi connectivity index (χ1) is 8.78. The summed E-state index contributed by atoms with van der Waals surface area (Å²) in [5, 5.41) is 2.76. The van der Waals surface area contributed by atoms with E-state index in [0.717, 1.165) is 11.8 Å². The van der Waals surface area contributed by atoms with Crippen LogP contribution < -0.4 is 5.32 Å². The van der Waals surface area contributed by atoms with E-state index in [4.69, 9.17) is 0 Å². The van der Waals surface area contributed by atoms with E-state index in [1.807, 2.05) is 38.1 Å². The molecule has 1 atom stereocenters. The third-order valence-electron chi connectivity index (χ3n) is 2.95. The molecule has 1 N–H and O–H groups in total. The second-order valence-electron chi connectivity index (χ2n) is 5.00. The second-order valence-corrected chi connectivity index (χ2v) is 7.26. The number of carbonyl (C=O) groups is 1. The van der Waals surface area contributed by atoms with E-state index in [-0.39, 0.29) is 24.0 Å². The van der Waals surface area contributed by atoms with E-state index in [2.05, 4.69) is 5.32 Å². The average molecular weight is 283 g/mol. The van der Waals surface area contributed by atoms with Gasteiger partial charge in [0.05, 0.1) is 5.75 Å². The number of benzene rings is 1. The lowest BCUT2D eigenvalue weighted by Gasteiger charge is -2.13. The predicted octanol–water partition coefficient (Wildman–Crippen LogP) is 1.65. The zero-order valence-corrected chi connectivity index (χ0v) is 12.5. The van der Waals surface area contributed by atoms with Gasteiger partial charge in [-0.15, -0.1) is 0 Å². The summed E-state index contributed by atoms with van der Waals surface area (Å²) in [5.41, 5.74) is 2.36. The summed E-state index contributed by atoms with van der Waals surface area (Å²) in [4.78, 5) is 11.5. The molecule has 19 heavy (non-hydrogen) atoms. The number of nitrogens with one attached hydrogen (secondary N) is 1. The lowest BCUT2D eigenvalue weighted by atomic mass is 10.00. The Hall–Kier alpha value is -1.36. The molecule has 0 saturated heterocycles. The van der Waals surface area contributed by atoms with Crippen LogP contribution in [-0.4, -0.2) is 32.9 Å². The van der Waals surface area contributed by atoms with Crippen LogP contribution in [-0.2, 0) is 14.6 Å². The van der Waals surface area contributed by atoms with E-state index in [9.17, 15) is 13.2 Å². The van der Waals surface area contributed by atoms with Crippen molar-refractivity contribution in [1.29, 1.82) is 0 Å². The van der Waals surface area contributed by atoms with Crippen LogP contribution in [0.1, 0.15) is 30.4 Å². The first kappa shape index (κ1) is 15.7. The standard InChI is InChI=1S/C14H21NO3S/c1-11-4-6-13(7-5-11)12(2)10-15-14(16)8-9-19(3,17)18/h4-7,12H,8-10H2,1-3H3,(H,15,16). The highest BCUT2D eigenvalue weighted by Crippen LogP contribution is 2.14. The molecule has 5 heteroatoms. The van der Waals surface area contributed by atoms with Gasteiger partial charge in [-0.25, -0.2) is 8.42 Å². The molecule has 1 aromatic carbocycles. The van der Waals surface area contributed by atoms with Crippen LogP contribution in [0, 0.1) is 6.92 Å². The fraction of sp³-hybridized carbons (Fsp3) is 0.500. The zero-order valence-electron chi connectivity index (χ0n) is 11.6. The van der Waals surface area contributed by atoms with Crippen LogP contribution in [0.4, 0.5) is 0 Å². The van der Waals surface area contributed by atoms with Crippen LogP contribution in [0.2, 0.25) is 0 Å². The number of aryl methyl sites for hydroxylation is 1. The maximum atomic E-state index is 11.5. The van der Waals surface area contributed by atoms with Crippen molar-refractivity contribution in [3.05, 3.63) is 35.4 Å². The number of hydrogen-bond donors (Lipinski definition) is 1. The molecule has 0 spiro atoms. The summed E-state index contributed by atoms with van der Waals surface area (Å²) in [6, 6.07) is 8.17. The molecule has 0 heterocycles. The second kappa shape index (κ2) is 6.70. The quantitative estimate of drug-likeness (QED) is 0.863. The van der Waals surface area contributed by atoms with Gasteiger partial charge in [-0.1, -0.05) is 36.8 Å². The third-order valence-corrected chi connectivity index (χ3v) is 3.90. The molecule has 1 aromatic rings. The zero-order chi connectivity index (χ0) is 14.5. The molecule has 0 aromatic heterocycles. The number of rotatable bonds is 6. The molecular weight excluding hydrogens is 262 g/mol. The van der Waals surface area contributed by atoms with Crippen molar-refractivity contribution in [2.45, 2.75) is 26.2 Å². The molecule has 1 rings (SSSR count). The Morgan fingerprint density at radius 2 is 1.84 bits per heavy atom. The first-order valence-electron chi connectivity index (χ1n) is 6.29. The van der Waals surface area contributed by atoms with Crippen molar-refractivity contribution < 1.29 is 13.2 Å². The van der Waals surface area contributed by atoms with Gasteiger partial charge < -0.3 is 5.32 Å². The number of sulfone groups is 1. The van der Waals surface area contributed by atoms with Crippen molar-refractivity contribution in [1.82, 2.24) is 5.32 Å². The maximum Gasteiger partial charge on any atom is 0.221 e. The SMILES string of the molecule is Cc1ccc(C(C)CNC(=O)CCS(C)(=O)=O)cc1. The van der Waals surface area contributed by atoms with Gasteiger partial charge in [0.15, 0.2) is 0 Å². The maximum absolute atomic E-state index is 11.5. The molecule has 0 bridgehead atoms. The van der Waals surface area contributed by atoms with E-state index in [1.165, 1.54) is 5.56 Å². The Balaban J connectivity index is 2.39. The minimum Gasteiger partial charge on any atom is -0.355 e. The van der Waals surface area contributed by atoms with Gasteiger partial charge in [-0.3, -0.25) is 4.79 Å². The topological polar surface area (TPSA) is 63.2 Å². The molecule has 0 aliphatic rings. The Morgan fingerprint density at radius 1 is 1.26 bits per heavy atom. The number of hydrogen-bond acceptors (Lipinski definition) is 3. The fourth-order valence-electron chi connectivity index (χ4n) is 1.65. The van der Waals surface area contributed by atoms with Gasteiger partial charge in [0, 0.05) is 19.2 Å². The molecule has 0 aliphatic heterocycles. The van der Waals surface area contributed by atoms with Gasteiger partial charge in [0.1, 0.15) is 9.84 Å². The summed E-state index contributed by atoms with van der Waals surface area (Å²) in [5.74, 6) is -0.107. The molecular formula is C14H21NO3S. The minimum atomic E-state index is -3.08. The fourth-order valence-corrected chi connectivity index (χ4v) is 2.20. The summed E-state index contributed by atoms with van der Waals surface area (Å²) in [7, 11) is -3.08. The minimum absolute atomic E-state index is 0.0272. The van der Waals surface area contributed by atoms with E-state index < -0.39 is 9.84 Å². The van der Waals surface area contributed by atoms with Gasteiger partial charge in [0.25, 0.3) is 0 Å². The Bertz CT molecular complexity index is 520. The lowest BCUT2D eigenvalue weighted by molar-refractivity contribution is -0.120. The van der Waals surface area contributed by atoms with Crippen LogP contribution in [0.3, 0.4) is 0 Å². The summed E-state index contributed by atoms with van der Waals surface area (Å²) >= 11 is 0. The highest BCUT2D eigenvalue weighted by Gasteiger charge is 2.10. The largest absolute Gasteiger partial charge is 0.355 e. The Morgan fingerprint density at radius 3 is 2.37 bits per heavy atom. The molecule has 4 nitrogen and oxygen atoms in total. The number of amides is 1. The van der Waals surface area contributed by atoms with E-state index >= 15 is 0 Å². The summed E-state index contributed by atoms with van der Waals surface area (Å²) in [6.07, 6.45) is 1.16. The number of carbonyl (C=O) groups excluding carboxylic acids is 1. The van der Waals surface area contributed by atoms with Crippen molar-refractivity contribution in [2.24, 2.45) is 0 Å². The van der Waals surface area contributed by atoms with Gasteiger partial charge >= 0.3 is 0 Å². The van der Waals surface area contributed by atoms with Crippen LogP contribution in [0.25, 0.3) is 0 Å². The van der Waals surface area contributed by atoms with Crippen LogP contribution in [0.15, 0.2) is 24.3 Å². The summed E-state index contributed by atoms with van der Waals surface area (Å²) in [6.45, 7) is 4.58. The van der Waals surface area contributed by atoms with Crippen molar-refractivity contribution in [3.63, 3.8) is 0 Å². The van der Waals surface area contributed by atoms with Crippen molar-refractivity contribution in [3.8, 4) is 0 Å². The van der Waals surface area contributed by atoms with Crippen LogP contribution in [0.5, 0.6) is 0 Å². The Kier molecular flexibility index (Phi) is 5.54. The van der Waals surface area contributed by atoms with Gasteiger partial charge in [-0.2, -0.15) is 0 Å². The summed E-state index contributed by atoms with van der Waals surface area (Å²) < 4.78 is 21.9. The molecule has 0 aliphatic carbocycles. The van der Waals surface area contributed by atoms with Gasteiger partial charge in [-0.05, 0) is 18.4 Å². The predicted molar refractivity (Wildman–Crippen MR) is 76.9 cm³/mol. The average Bonchev–Trinajstić information content (AvgIpc) is 2.33. The molecule has 0 fully saturated rings. The molecule has 0 radical (unpaired) electrons. The monoisotopic (exact) mass is 283 g/mol. The lowest BCUT2D eigenvalue weighted by Crippen LogP contribution is -2.28. The molecule has 1 unspecified atom stereocenters. The molecule has 0 saturated carbocycles. The van der Waals surface area contributed by atoms with Crippen molar-refractivity contribution in [2.75, 3.05) is 18.6 Å². The van der Waals surface area contributed by atoms with E-state index in [1.54, 1.807) is 0 Å². The first-order valence-corrected chi connectivity index (χ1v) is 8.35. The van der Waals surface area contributed by atoms with Crippen molar-refractivity contribution >= 4 is 15.7 Å². The highest BCUT2D eigenvalue weighted by atomic mass is 32.2. The Labute approximate surface area is 115 Å². The van der Waals surface area contributed by atoms with Crippen LogP contribution >= 0.6 is 0 Å². The van der Waals surface area contributed by atoms with E-state index in [0.29, 0.717) is 6.54 Å². The smallest absolute Gasteiger partial charge is 0.221 e. The third kappa shape index (κ3) is 6.38. The normalized spacial score (nSPS) is 13.0. The highest BCUT2D eigenvalue weighted by molar-refractivity contribution is 7.90. The molecule has 1 amide bonds. The molecule has 106 valence electrons. The van der Waals surface area contributed by atoms with Gasteiger partial charge in [0.2, 0.25) is 5.91 Å².